The third-order valence-corrected chi connectivity index (χ3v) is 9.28. The van der Waals surface area contributed by atoms with Gasteiger partial charge in [0.15, 0.2) is 5.13 Å². The summed E-state index contributed by atoms with van der Waals surface area (Å²) >= 11 is 1.47. The van der Waals surface area contributed by atoms with E-state index in [9.17, 15) is 13.2 Å². The number of hydrogen-bond acceptors (Lipinski definition) is 6. The number of hydrogen-bond donors (Lipinski definition) is 0. The second-order valence-corrected chi connectivity index (χ2v) is 11.6. The van der Waals surface area contributed by atoms with Gasteiger partial charge < -0.3 is 4.42 Å². The average molecular weight is 510 g/mol. The first-order valence-electron chi connectivity index (χ1n) is 11.7. The molecular weight excluding hydrogens is 482 g/mol. The van der Waals surface area contributed by atoms with Crippen LogP contribution in [0.3, 0.4) is 0 Å². The van der Waals surface area contributed by atoms with Crippen molar-refractivity contribution in [2.24, 2.45) is 5.92 Å². The smallest absolute Gasteiger partial charge is 0.243 e. The van der Waals surface area contributed by atoms with Crippen molar-refractivity contribution >= 4 is 42.6 Å². The first kappa shape index (κ1) is 23.7. The van der Waals surface area contributed by atoms with Crippen LogP contribution in [0.4, 0.5) is 5.13 Å². The SMILES string of the molecule is CCc1ccc2nc(N(Cc3ccco3)C(=O)C3CCCN(S(=O)(=O)c4ccccc4)C3)sc2c1. The van der Waals surface area contributed by atoms with Gasteiger partial charge in [-0.3, -0.25) is 9.69 Å². The van der Waals surface area contributed by atoms with E-state index in [1.165, 1.54) is 21.2 Å². The van der Waals surface area contributed by atoms with Crippen LogP contribution in [0.25, 0.3) is 10.2 Å². The van der Waals surface area contributed by atoms with E-state index >= 15 is 0 Å². The topological polar surface area (TPSA) is 83.7 Å². The van der Waals surface area contributed by atoms with Crippen molar-refractivity contribution in [2.45, 2.75) is 37.6 Å². The quantitative estimate of drug-likeness (QED) is 0.347. The highest BCUT2D eigenvalue weighted by Gasteiger charge is 2.36. The summed E-state index contributed by atoms with van der Waals surface area (Å²) in [6.07, 6.45) is 3.75. The molecule has 1 aliphatic heterocycles. The highest BCUT2D eigenvalue weighted by Crippen LogP contribution is 2.33. The molecule has 1 saturated heterocycles. The van der Waals surface area contributed by atoms with Gasteiger partial charge in [-0.25, -0.2) is 13.4 Å². The van der Waals surface area contributed by atoms with Crippen LogP contribution in [0.5, 0.6) is 0 Å². The molecule has 3 heterocycles. The lowest BCUT2D eigenvalue weighted by Crippen LogP contribution is -2.46. The van der Waals surface area contributed by atoms with Gasteiger partial charge in [-0.1, -0.05) is 42.5 Å². The zero-order valence-corrected chi connectivity index (χ0v) is 21.1. The van der Waals surface area contributed by atoms with Crippen LogP contribution >= 0.6 is 11.3 Å². The number of benzene rings is 2. The number of carbonyl (C=O) groups excluding carboxylic acids is 1. The van der Waals surface area contributed by atoms with Gasteiger partial charge in [-0.2, -0.15) is 4.31 Å². The maximum Gasteiger partial charge on any atom is 0.243 e. The van der Waals surface area contributed by atoms with E-state index in [1.54, 1.807) is 47.6 Å². The van der Waals surface area contributed by atoms with Crippen molar-refractivity contribution in [3.8, 4) is 0 Å². The van der Waals surface area contributed by atoms with Gasteiger partial charge in [0, 0.05) is 13.1 Å². The Labute approximate surface area is 209 Å². The van der Waals surface area contributed by atoms with Crippen LogP contribution in [-0.4, -0.2) is 36.7 Å². The van der Waals surface area contributed by atoms with Crippen LogP contribution in [0.15, 0.2) is 76.2 Å². The highest BCUT2D eigenvalue weighted by molar-refractivity contribution is 7.89. The fourth-order valence-corrected chi connectivity index (χ4v) is 6.99. The van der Waals surface area contributed by atoms with E-state index in [4.69, 9.17) is 9.40 Å². The third-order valence-electron chi connectivity index (χ3n) is 6.36. The zero-order chi connectivity index (χ0) is 24.4. The summed E-state index contributed by atoms with van der Waals surface area (Å²) in [5.41, 5.74) is 2.06. The second kappa shape index (κ2) is 9.93. The van der Waals surface area contributed by atoms with Crippen molar-refractivity contribution in [1.29, 1.82) is 0 Å². The second-order valence-electron chi connectivity index (χ2n) is 8.67. The highest BCUT2D eigenvalue weighted by atomic mass is 32.2. The lowest BCUT2D eigenvalue weighted by atomic mass is 9.98. The van der Waals surface area contributed by atoms with Crippen molar-refractivity contribution in [3.05, 3.63) is 78.3 Å². The monoisotopic (exact) mass is 509 g/mol. The van der Waals surface area contributed by atoms with Crippen LogP contribution in [0.2, 0.25) is 0 Å². The summed E-state index contributed by atoms with van der Waals surface area (Å²) in [6.45, 7) is 2.90. The minimum Gasteiger partial charge on any atom is -0.467 e. The van der Waals surface area contributed by atoms with Crippen molar-refractivity contribution in [2.75, 3.05) is 18.0 Å². The van der Waals surface area contributed by atoms with Crippen molar-refractivity contribution in [3.63, 3.8) is 0 Å². The van der Waals surface area contributed by atoms with Gasteiger partial charge in [-0.15, -0.1) is 0 Å². The molecule has 1 aliphatic rings. The molecule has 9 heteroatoms. The number of carbonyl (C=O) groups is 1. The number of amides is 1. The summed E-state index contributed by atoms with van der Waals surface area (Å²) in [7, 11) is -3.67. The predicted octanol–water partition coefficient (Wildman–Crippen LogP) is 5.09. The van der Waals surface area contributed by atoms with Gasteiger partial charge in [-0.05, 0) is 61.2 Å². The van der Waals surface area contributed by atoms with Gasteiger partial charge in [0.2, 0.25) is 15.9 Å². The maximum atomic E-state index is 13.9. The molecule has 0 radical (unpaired) electrons. The minimum atomic E-state index is -3.67. The van der Waals surface area contributed by atoms with Crippen molar-refractivity contribution in [1.82, 2.24) is 9.29 Å². The molecule has 2 aromatic carbocycles. The fourth-order valence-electron chi connectivity index (χ4n) is 4.41. The van der Waals surface area contributed by atoms with E-state index < -0.39 is 15.9 Å². The molecule has 35 heavy (non-hydrogen) atoms. The molecule has 0 spiro atoms. The number of thiazole rings is 1. The van der Waals surface area contributed by atoms with Crippen LogP contribution < -0.4 is 4.90 Å². The predicted molar refractivity (Wildman–Crippen MR) is 137 cm³/mol. The summed E-state index contributed by atoms with van der Waals surface area (Å²) < 4.78 is 34.4. The Balaban J connectivity index is 1.44. The average Bonchev–Trinajstić information content (AvgIpc) is 3.56. The Morgan fingerprint density at radius 1 is 1.17 bits per heavy atom. The number of rotatable bonds is 7. The Hall–Kier alpha value is -3.01. The zero-order valence-electron chi connectivity index (χ0n) is 19.5. The first-order chi connectivity index (χ1) is 17.0. The van der Waals surface area contributed by atoms with Gasteiger partial charge >= 0.3 is 0 Å². The molecule has 0 aliphatic carbocycles. The van der Waals surface area contributed by atoms with Gasteiger partial charge in [0.1, 0.15) is 5.76 Å². The van der Waals surface area contributed by atoms with E-state index in [1.807, 2.05) is 12.1 Å². The minimum absolute atomic E-state index is 0.135. The lowest BCUT2D eigenvalue weighted by Gasteiger charge is -2.33. The van der Waals surface area contributed by atoms with Gasteiger partial charge in [0.25, 0.3) is 0 Å². The Bertz CT molecular complexity index is 1420. The fraction of sp³-hybridized carbons (Fsp3) is 0.308. The molecule has 0 bridgehead atoms. The van der Waals surface area contributed by atoms with E-state index in [0.29, 0.717) is 30.3 Å². The number of furan rings is 1. The molecule has 2 aromatic heterocycles. The van der Waals surface area contributed by atoms with Crippen LogP contribution in [-0.2, 0) is 27.8 Å². The lowest BCUT2D eigenvalue weighted by molar-refractivity contribution is -0.123. The molecule has 4 aromatic rings. The van der Waals surface area contributed by atoms with Crippen molar-refractivity contribution < 1.29 is 17.6 Å². The molecule has 7 nitrogen and oxygen atoms in total. The molecular formula is C26H27N3O4S2. The first-order valence-corrected chi connectivity index (χ1v) is 14.0. The molecule has 0 N–H and O–H groups in total. The normalized spacial score (nSPS) is 17.0. The Morgan fingerprint density at radius 3 is 2.74 bits per heavy atom. The number of aryl methyl sites for hydroxylation is 1. The third kappa shape index (κ3) is 4.89. The molecule has 182 valence electrons. The maximum absolute atomic E-state index is 13.9. The number of aromatic nitrogens is 1. The largest absolute Gasteiger partial charge is 0.467 e. The number of fused-ring (bicyclic) bond motifs is 1. The molecule has 1 unspecified atom stereocenters. The Kier molecular flexibility index (Phi) is 6.73. The molecule has 1 fully saturated rings. The van der Waals surface area contributed by atoms with Crippen LogP contribution in [0.1, 0.15) is 31.1 Å². The van der Waals surface area contributed by atoms with E-state index in [2.05, 4.69) is 19.1 Å². The summed E-state index contributed by atoms with van der Waals surface area (Å²) in [5, 5.41) is 0.595. The van der Waals surface area contributed by atoms with E-state index in [-0.39, 0.29) is 23.9 Å². The number of sulfonamides is 1. The Morgan fingerprint density at radius 2 is 2.00 bits per heavy atom. The standard InChI is InChI=1S/C26H27N3O4S2/c1-2-19-12-13-23-24(16-19)34-26(27-23)29(18-21-9-7-15-33-21)25(30)20-8-6-14-28(17-20)35(31,32)22-10-4-3-5-11-22/h3-5,7,9-13,15-16,20H,2,6,8,14,17-18H2,1H3. The summed E-state index contributed by atoms with van der Waals surface area (Å²) in [6, 6.07) is 18.2. The molecule has 5 rings (SSSR count). The summed E-state index contributed by atoms with van der Waals surface area (Å²) in [4.78, 5) is 20.5. The molecule has 1 amide bonds. The number of piperidine rings is 1. The summed E-state index contributed by atoms with van der Waals surface area (Å²) in [5.74, 6) is 0.0518. The van der Waals surface area contributed by atoms with Gasteiger partial charge in [0.05, 0.1) is 33.8 Å². The van der Waals surface area contributed by atoms with E-state index in [0.717, 1.165) is 16.6 Å². The molecule has 1 atom stereocenters. The number of anilines is 1. The van der Waals surface area contributed by atoms with Crippen LogP contribution in [0, 0.1) is 5.92 Å². The molecule has 0 saturated carbocycles. The number of nitrogens with zero attached hydrogens (tertiary/aromatic N) is 3.